The minimum Gasteiger partial charge on any atom is -0.345 e. The van der Waals surface area contributed by atoms with E-state index in [9.17, 15) is 13.2 Å². The molecule has 0 saturated heterocycles. The summed E-state index contributed by atoms with van der Waals surface area (Å²) in [7, 11) is -3.35. The minimum atomic E-state index is -3.35. The Hall–Kier alpha value is -2.14. The van der Waals surface area contributed by atoms with Gasteiger partial charge in [0.15, 0.2) is 9.84 Å². The number of hydrogen-bond acceptors (Lipinski definition) is 3. The molecular formula is C19H23NO3S. The molecule has 0 aromatic heterocycles. The van der Waals surface area contributed by atoms with Crippen molar-refractivity contribution in [2.45, 2.75) is 38.6 Å². The van der Waals surface area contributed by atoms with Crippen LogP contribution in [0.4, 0.5) is 0 Å². The van der Waals surface area contributed by atoms with Gasteiger partial charge in [0, 0.05) is 11.8 Å². The Morgan fingerprint density at radius 1 is 1.00 bits per heavy atom. The fraction of sp³-hybridized carbons (Fsp3) is 0.316. The third-order valence-electron chi connectivity index (χ3n) is 4.13. The largest absolute Gasteiger partial charge is 0.345 e. The summed E-state index contributed by atoms with van der Waals surface area (Å²) in [5.74, 6) is -0.272. The molecule has 128 valence electrons. The highest BCUT2D eigenvalue weighted by Gasteiger charge is 2.17. The van der Waals surface area contributed by atoms with Crippen molar-refractivity contribution < 1.29 is 13.2 Å². The van der Waals surface area contributed by atoms with Crippen LogP contribution in [0.1, 0.15) is 45.6 Å². The molecule has 0 radical (unpaired) electrons. The summed E-state index contributed by atoms with van der Waals surface area (Å²) in [4.78, 5) is 12.8. The Labute approximate surface area is 143 Å². The van der Waals surface area contributed by atoms with Crippen LogP contribution in [0, 0.1) is 20.8 Å². The van der Waals surface area contributed by atoms with E-state index < -0.39 is 9.84 Å². The van der Waals surface area contributed by atoms with E-state index in [1.807, 2.05) is 32.9 Å². The minimum absolute atomic E-state index is 0.151. The van der Waals surface area contributed by atoms with Crippen molar-refractivity contribution in [3.8, 4) is 0 Å². The van der Waals surface area contributed by atoms with Crippen molar-refractivity contribution in [3.63, 3.8) is 0 Å². The molecule has 0 heterocycles. The molecule has 2 rings (SSSR count). The molecule has 0 spiro atoms. The third-order valence-corrected chi connectivity index (χ3v) is 5.24. The predicted molar refractivity (Wildman–Crippen MR) is 96.1 cm³/mol. The maximum absolute atomic E-state index is 12.6. The first-order valence-corrected chi connectivity index (χ1v) is 9.67. The van der Waals surface area contributed by atoms with Crippen molar-refractivity contribution in [1.29, 1.82) is 0 Å². The van der Waals surface area contributed by atoms with E-state index in [-0.39, 0.29) is 16.8 Å². The molecule has 1 N–H and O–H groups in total. The zero-order valence-electron chi connectivity index (χ0n) is 14.7. The van der Waals surface area contributed by atoms with Gasteiger partial charge in [0.1, 0.15) is 0 Å². The molecule has 0 aliphatic rings. The smallest absolute Gasteiger partial charge is 0.252 e. The summed E-state index contributed by atoms with van der Waals surface area (Å²) in [6.45, 7) is 7.74. The van der Waals surface area contributed by atoms with E-state index in [2.05, 4.69) is 11.4 Å². The first kappa shape index (κ1) is 18.2. The molecule has 0 fully saturated rings. The number of aryl methyl sites for hydroxylation is 3. The second-order valence-electron chi connectivity index (χ2n) is 6.30. The fourth-order valence-electron chi connectivity index (χ4n) is 2.65. The molecule has 1 amide bonds. The van der Waals surface area contributed by atoms with Gasteiger partial charge >= 0.3 is 0 Å². The lowest BCUT2D eigenvalue weighted by Crippen LogP contribution is -2.28. The van der Waals surface area contributed by atoms with Crippen LogP contribution in [0.3, 0.4) is 0 Å². The number of benzene rings is 2. The molecule has 5 heteroatoms. The standard InChI is InChI=1S/C19H23NO3S/c1-12-6-7-13(2)17(10-12)15(4)20-19(21)18-11-16(24(5,22)23)9-8-14(18)3/h6-11,15H,1-5H3,(H,20,21). The van der Waals surface area contributed by atoms with Crippen LogP contribution >= 0.6 is 0 Å². The number of hydrogen-bond donors (Lipinski definition) is 1. The van der Waals surface area contributed by atoms with E-state index in [4.69, 9.17) is 0 Å². The van der Waals surface area contributed by atoms with Gasteiger partial charge < -0.3 is 5.32 Å². The van der Waals surface area contributed by atoms with Gasteiger partial charge in [-0.3, -0.25) is 4.79 Å². The summed E-state index contributed by atoms with van der Waals surface area (Å²) >= 11 is 0. The van der Waals surface area contributed by atoms with Crippen LogP contribution in [-0.4, -0.2) is 20.6 Å². The SMILES string of the molecule is Cc1ccc(C)c(C(C)NC(=O)c2cc(S(C)(=O)=O)ccc2C)c1. The molecule has 0 saturated carbocycles. The van der Waals surface area contributed by atoms with Gasteiger partial charge in [0.05, 0.1) is 10.9 Å². The maximum atomic E-state index is 12.6. The van der Waals surface area contributed by atoms with Crippen LogP contribution in [0.2, 0.25) is 0 Å². The topological polar surface area (TPSA) is 63.2 Å². The van der Waals surface area contributed by atoms with Crippen molar-refractivity contribution in [3.05, 3.63) is 64.2 Å². The first-order valence-electron chi connectivity index (χ1n) is 7.78. The number of carbonyl (C=O) groups excluding carboxylic acids is 1. The lowest BCUT2D eigenvalue weighted by Gasteiger charge is -2.18. The zero-order chi connectivity index (χ0) is 18.1. The van der Waals surface area contributed by atoms with Crippen molar-refractivity contribution in [2.24, 2.45) is 0 Å². The average molecular weight is 345 g/mol. The van der Waals surface area contributed by atoms with Crippen molar-refractivity contribution in [2.75, 3.05) is 6.26 Å². The van der Waals surface area contributed by atoms with Gasteiger partial charge in [-0.15, -0.1) is 0 Å². The van der Waals surface area contributed by atoms with Gasteiger partial charge in [-0.1, -0.05) is 29.8 Å². The highest BCUT2D eigenvalue weighted by Crippen LogP contribution is 2.21. The van der Waals surface area contributed by atoms with Crippen LogP contribution in [0.5, 0.6) is 0 Å². The first-order chi connectivity index (χ1) is 11.1. The third kappa shape index (κ3) is 4.03. The average Bonchev–Trinajstić information content (AvgIpc) is 2.48. The van der Waals surface area contributed by atoms with E-state index in [0.717, 1.165) is 28.5 Å². The van der Waals surface area contributed by atoms with E-state index in [1.165, 1.54) is 12.1 Å². The van der Waals surface area contributed by atoms with Gasteiger partial charge in [0.25, 0.3) is 5.91 Å². The summed E-state index contributed by atoms with van der Waals surface area (Å²) < 4.78 is 23.4. The molecular weight excluding hydrogens is 322 g/mol. The Morgan fingerprint density at radius 2 is 1.62 bits per heavy atom. The molecule has 2 aromatic carbocycles. The number of amides is 1. The molecule has 24 heavy (non-hydrogen) atoms. The number of sulfone groups is 1. The van der Waals surface area contributed by atoms with Crippen LogP contribution in [0.25, 0.3) is 0 Å². The Bertz CT molecular complexity index is 885. The molecule has 2 aromatic rings. The lowest BCUT2D eigenvalue weighted by atomic mass is 9.99. The highest BCUT2D eigenvalue weighted by atomic mass is 32.2. The molecule has 4 nitrogen and oxygen atoms in total. The Kier molecular flexibility index (Phi) is 5.13. The maximum Gasteiger partial charge on any atom is 0.252 e. The van der Waals surface area contributed by atoms with Crippen molar-refractivity contribution >= 4 is 15.7 Å². The van der Waals surface area contributed by atoms with E-state index in [0.29, 0.717) is 5.56 Å². The van der Waals surface area contributed by atoms with Gasteiger partial charge in [-0.25, -0.2) is 8.42 Å². The van der Waals surface area contributed by atoms with Crippen LogP contribution in [0.15, 0.2) is 41.3 Å². The van der Waals surface area contributed by atoms with Crippen LogP contribution < -0.4 is 5.32 Å². The molecule has 0 bridgehead atoms. The number of carbonyl (C=O) groups is 1. The quantitative estimate of drug-likeness (QED) is 0.922. The second kappa shape index (κ2) is 6.77. The zero-order valence-corrected chi connectivity index (χ0v) is 15.5. The highest BCUT2D eigenvalue weighted by molar-refractivity contribution is 7.90. The lowest BCUT2D eigenvalue weighted by molar-refractivity contribution is 0.0939. The predicted octanol–water partition coefficient (Wildman–Crippen LogP) is 3.51. The normalized spacial score (nSPS) is 12.7. The summed E-state index contributed by atoms with van der Waals surface area (Å²) in [6.07, 6.45) is 1.14. The Balaban J connectivity index is 2.31. The van der Waals surface area contributed by atoms with Gasteiger partial charge in [-0.05, 0) is 56.5 Å². The Morgan fingerprint density at radius 3 is 2.25 bits per heavy atom. The molecule has 0 aliphatic heterocycles. The van der Waals surface area contributed by atoms with E-state index >= 15 is 0 Å². The second-order valence-corrected chi connectivity index (χ2v) is 8.32. The summed E-state index contributed by atoms with van der Waals surface area (Å²) in [5.41, 5.74) is 4.42. The fourth-order valence-corrected chi connectivity index (χ4v) is 3.30. The summed E-state index contributed by atoms with van der Waals surface area (Å²) in [6, 6.07) is 10.6. The number of rotatable bonds is 4. The monoisotopic (exact) mass is 345 g/mol. The van der Waals surface area contributed by atoms with Crippen LogP contribution in [-0.2, 0) is 9.84 Å². The molecule has 0 aliphatic carbocycles. The molecule has 1 atom stereocenters. The van der Waals surface area contributed by atoms with E-state index in [1.54, 1.807) is 13.0 Å². The van der Waals surface area contributed by atoms with Gasteiger partial charge in [0.2, 0.25) is 0 Å². The van der Waals surface area contributed by atoms with Gasteiger partial charge in [-0.2, -0.15) is 0 Å². The van der Waals surface area contributed by atoms with Crippen molar-refractivity contribution in [1.82, 2.24) is 5.32 Å². The summed E-state index contributed by atoms with van der Waals surface area (Å²) in [5, 5.41) is 2.97. The number of nitrogens with one attached hydrogen (secondary N) is 1. The molecule has 1 unspecified atom stereocenters.